The highest BCUT2D eigenvalue weighted by Crippen LogP contribution is 2.26. The van der Waals surface area contributed by atoms with Gasteiger partial charge in [-0.05, 0) is 49.9 Å². The number of ether oxygens (including phenoxy) is 1. The molecule has 19 heavy (non-hydrogen) atoms. The molecule has 6 heteroatoms. The molecular formula is C13H17F3N2O. The lowest BCUT2D eigenvalue weighted by Crippen LogP contribution is -2.32. The van der Waals surface area contributed by atoms with Crippen LogP contribution in [-0.4, -0.2) is 18.4 Å². The normalized spacial score (nSPS) is 24.0. The maximum atomic E-state index is 12.0. The topological polar surface area (TPSA) is 47.3 Å². The third-order valence-corrected chi connectivity index (χ3v) is 3.23. The van der Waals surface area contributed by atoms with E-state index in [1.54, 1.807) is 12.1 Å². The summed E-state index contributed by atoms with van der Waals surface area (Å²) >= 11 is 0. The van der Waals surface area contributed by atoms with Gasteiger partial charge in [-0.2, -0.15) is 0 Å². The summed E-state index contributed by atoms with van der Waals surface area (Å²) in [5, 5.41) is 3.30. The summed E-state index contributed by atoms with van der Waals surface area (Å²) in [5.41, 5.74) is 6.62. The average molecular weight is 274 g/mol. The second-order valence-electron chi connectivity index (χ2n) is 4.83. The number of halogens is 3. The van der Waals surface area contributed by atoms with E-state index in [0.717, 1.165) is 31.4 Å². The fourth-order valence-electron chi connectivity index (χ4n) is 2.25. The highest BCUT2D eigenvalue weighted by molar-refractivity contribution is 5.47. The maximum Gasteiger partial charge on any atom is 0.573 e. The van der Waals surface area contributed by atoms with Gasteiger partial charge in [-0.25, -0.2) is 0 Å². The number of alkyl halides is 3. The average Bonchev–Trinajstić information content (AvgIpc) is 2.33. The van der Waals surface area contributed by atoms with Crippen LogP contribution in [-0.2, 0) is 0 Å². The van der Waals surface area contributed by atoms with E-state index in [0.29, 0.717) is 6.04 Å². The van der Waals surface area contributed by atoms with Crippen LogP contribution in [0.25, 0.3) is 0 Å². The molecule has 1 fully saturated rings. The molecule has 1 aliphatic rings. The van der Waals surface area contributed by atoms with Crippen molar-refractivity contribution in [3.8, 4) is 5.75 Å². The van der Waals surface area contributed by atoms with Crippen LogP contribution in [0.4, 0.5) is 18.9 Å². The summed E-state index contributed by atoms with van der Waals surface area (Å²) in [6, 6.07) is 6.43. The molecule has 0 amide bonds. The molecule has 0 bridgehead atoms. The van der Waals surface area contributed by atoms with E-state index in [9.17, 15) is 13.2 Å². The summed E-state index contributed by atoms with van der Waals surface area (Å²) in [5.74, 6) is -0.205. The number of anilines is 1. The van der Waals surface area contributed by atoms with Crippen molar-refractivity contribution in [1.29, 1.82) is 0 Å². The second-order valence-corrected chi connectivity index (χ2v) is 4.83. The van der Waals surface area contributed by atoms with Gasteiger partial charge < -0.3 is 15.8 Å². The van der Waals surface area contributed by atoms with Gasteiger partial charge >= 0.3 is 6.36 Å². The lowest BCUT2D eigenvalue weighted by molar-refractivity contribution is -0.274. The molecule has 1 saturated carbocycles. The largest absolute Gasteiger partial charge is 0.573 e. The van der Waals surface area contributed by atoms with E-state index in [2.05, 4.69) is 10.1 Å². The Morgan fingerprint density at radius 3 is 2.16 bits per heavy atom. The fourth-order valence-corrected chi connectivity index (χ4v) is 2.25. The van der Waals surface area contributed by atoms with Crippen molar-refractivity contribution in [2.24, 2.45) is 5.73 Å². The van der Waals surface area contributed by atoms with Crippen LogP contribution in [0.3, 0.4) is 0 Å². The zero-order valence-electron chi connectivity index (χ0n) is 10.4. The molecule has 106 valence electrons. The molecule has 0 atom stereocenters. The Kier molecular flexibility index (Phi) is 4.19. The van der Waals surface area contributed by atoms with Crippen molar-refractivity contribution >= 4 is 5.69 Å². The molecule has 1 aromatic rings. The van der Waals surface area contributed by atoms with Crippen molar-refractivity contribution in [3.05, 3.63) is 24.3 Å². The number of hydrogen-bond acceptors (Lipinski definition) is 3. The number of rotatable bonds is 3. The molecule has 0 spiro atoms. The predicted molar refractivity (Wildman–Crippen MR) is 67.0 cm³/mol. The van der Waals surface area contributed by atoms with Crippen molar-refractivity contribution in [3.63, 3.8) is 0 Å². The molecule has 0 aromatic heterocycles. The Labute approximate surface area is 109 Å². The first-order valence-corrected chi connectivity index (χ1v) is 6.30. The molecule has 0 radical (unpaired) electrons. The lowest BCUT2D eigenvalue weighted by Gasteiger charge is -2.27. The van der Waals surface area contributed by atoms with Crippen molar-refractivity contribution in [2.75, 3.05) is 5.32 Å². The van der Waals surface area contributed by atoms with E-state index in [4.69, 9.17) is 5.73 Å². The Bertz CT molecular complexity index is 397. The minimum absolute atomic E-state index is 0.205. The first kappa shape index (κ1) is 14.0. The Balaban J connectivity index is 1.88. The number of hydrogen-bond donors (Lipinski definition) is 2. The first-order valence-electron chi connectivity index (χ1n) is 6.30. The zero-order valence-corrected chi connectivity index (χ0v) is 10.4. The minimum atomic E-state index is -4.64. The van der Waals surface area contributed by atoms with Gasteiger partial charge in [-0.1, -0.05) is 0 Å². The van der Waals surface area contributed by atoms with E-state index >= 15 is 0 Å². The van der Waals surface area contributed by atoms with E-state index in [1.807, 2.05) is 0 Å². The number of nitrogens with one attached hydrogen (secondary N) is 1. The van der Waals surface area contributed by atoms with E-state index in [-0.39, 0.29) is 11.8 Å². The molecule has 3 N–H and O–H groups in total. The monoisotopic (exact) mass is 274 g/mol. The Morgan fingerprint density at radius 1 is 1.05 bits per heavy atom. The Morgan fingerprint density at radius 2 is 1.63 bits per heavy atom. The van der Waals surface area contributed by atoms with E-state index in [1.165, 1.54) is 12.1 Å². The van der Waals surface area contributed by atoms with Crippen LogP contribution in [0, 0.1) is 0 Å². The van der Waals surface area contributed by atoms with Gasteiger partial charge in [-0.15, -0.1) is 13.2 Å². The maximum absolute atomic E-state index is 12.0. The molecule has 2 rings (SSSR count). The van der Waals surface area contributed by atoms with Crippen LogP contribution in [0.15, 0.2) is 24.3 Å². The molecule has 0 heterocycles. The summed E-state index contributed by atoms with van der Waals surface area (Å²) in [6.45, 7) is 0. The second kappa shape index (κ2) is 5.69. The summed E-state index contributed by atoms with van der Waals surface area (Å²) in [4.78, 5) is 0. The fraction of sp³-hybridized carbons (Fsp3) is 0.538. The Hall–Kier alpha value is -1.43. The van der Waals surface area contributed by atoms with Gasteiger partial charge in [0, 0.05) is 17.8 Å². The van der Waals surface area contributed by atoms with Gasteiger partial charge in [0.15, 0.2) is 0 Å². The standard InChI is InChI=1S/C13H17F3N2O/c14-13(15,16)19-12-7-5-11(6-8-12)18-10-3-1-9(17)2-4-10/h5-10,18H,1-4,17H2. The molecule has 3 nitrogen and oxygen atoms in total. The van der Waals surface area contributed by atoms with Gasteiger partial charge in [0.1, 0.15) is 5.75 Å². The molecule has 0 saturated heterocycles. The van der Waals surface area contributed by atoms with Crippen molar-refractivity contribution < 1.29 is 17.9 Å². The van der Waals surface area contributed by atoms with Crippen LogP contribution < -0.4 is 15.8 Å². The zero-order chi connectivity index (χ0) is 13.9. The van der Waals surface area contributed by atoms with Crippen LogP contribution in [0.2, 0.25) is 0 Å². The number of benzene rings is 1. The van der Waals surface area contributed by atoms with Gasteiger partial charge in [-0.3, -0.25) is 0 Å². The predicted octanol–water partition coefficient (Wildman–Crippen LogP) is 3.27. The van der Waals surface area contributed by atoms with Gasteiger partial charge in [0.05, 0.1) is 0 Å². The molecule has 0 unspecified atom stereocenters. The van der Waals surface area contributed by atoms with E-state index < -0.39 is 6.36 Å². The molecular weight excluding hydrogens is 257 g/mol. The molecule has 0 aliphatic heterocycles. The summed E-state index contributed by atoms with van der Waals surface area (Å²) in [6.07, 6.45) is -0.710. The van der Waals surface area contributed by atoms with Crippen LogP contribution >= 0.6 is 0 Å². The molecule has 1 aromatic carbocycles. The lowest BCUT2D eigenvalue weighted by atomic mass is 9.92. The van der Waals surface area contributed by atoms with Crippen LogP contribution in [0.5, 0.6) is 5.75 Å². The van der Waals surface area contributed by atoms with Crippen molar-refractivity contribution in [1.82, 2.24) is 0 Å². The summed E-state index contributed by atoms with van der Waals surface area (Å²) in [7, 11) is 0. The third-order valence-electron chi connectivity index (χ3n) is 3.23. The van der Waals surface area contributed by atoms with Gasteiger partial charge in [0.25, 0.3) is 0 Å². The quantitative estimate of drug-likeness (QED) is 0.889. The minimum Gasteiger partial charge on any atom is -0.406 e. The highest BCUT2D eigenvalue weighted by atomic mass is 19.4. The summed E-state index contributed by atoms with van der Waals surface area (Å²) < 4.78 is 39.8. The SMILES string of the molecule is NC1CCC(Nc2ccc(OC(F)(F)F)cc2)CC1. The third kappa shape index (κ3) is 4.63. The van der Waals surface area contributed by atoms with Gasteiger partial charge in [0.2, 0.25) is 0 Å². The van der Waals surface area contributed by atoms with Crippen molar-refractivity contribution in [2.45, 2.75) is 44.1 Å². The van der Waals surface area contributed by atoms with Crippen LogP contribution in [0.1, 0.15) is 25.7 Å². The smallest absolute Gasteiger partial charge is 0.406 e. The number of nitrogens with two attached hydrogens (primary N) is 1. The molecule has 1 aliphatic carbocycles. The highest BCUT2D eigenvalue weighted by Gasteiger charge is 2.31. The first-order chi connectivity index (χ1) is 8.92.